The Morgan fingerprint density at radius 3 is 2.72 bits per heavy atom. The number of thiazole rings is 1. The third-order valence-corrected chi connectivity index (χ3v) is 3.47. The third-order valence-electron chi connectivity index (χ3n) is 2.50. The Morgan fingerprint density at radius 2 is 2.11 bits per heavy atom. The van der Waals surface area contributed by atoms with Crippen LogP contribution in [0.25, 0.3) is 22.4 Å². The topological polar surface area (TPSA) is 91.0 Å². The van der Waals surface area contributed by atoms with E-state index >= 15 is 0 Å². The first-order valence-electron chi connectivity index (χ1n) is 5.26. The number of nitrogens with two attached hydrogens (primary N) is 1. The number of nitrogens with zero attached hydrogens (tertiary/aromatic N) is 3. The zero-order valence-corrected chi connectivity index (χ0v) is 10.6. The molecule has 18 heavy (non-hydrogen) atoms. The highest BCUT2D eigenvalue weighted by molar-refractivity contribution is 7.18. The van der Waals surface area contributed by atoms with E-state index in [1.54, 1.807) is 6.26 Å². The summed E-state index contributed by atoms with van der Waals surface area (Å²) >= 11 is 1.32. The second-order valence-corrected chi connectivity index (χ2v) is 4.85. The fourth-order valence-corrected chi connectivity index (χ4v) is 2.38. The van der Waals surface area contributed by atoms with Crippen molar-refractivity contribution in [1.29, 1.82) is 0 Å². The maximum absolute atomic E-state index is 5.64. The Balaban J connectivity index is 2.05. The van der Waals surface area contributed by atoms with E-state index < -0.39 is 0 Å². The first-order chi connectivity index (χ1) is 8.65. The van der Waals surface area contributed by atoms with Crippen molar-refractivity contribution in [2.24, 2.45) is 0 Å². The third kappa shape index (κ3) is 1.68. The molecule has 0 saturated heterocycles. The highest BCUT2D eigenvalue weighted by atomic mass is 32.1. The van der Waals surface area contributed by atoms with E-state index in [2.05, 4.69) is 15.1 Å². The molecule has 0 atom stereocenters. The van der Waals surface area contributed by atoms with Crippen LogP contribution < -0.4 is 5.73 Å². The Hall–Kier alpha value is -2.15. The second-order valence-electron chi connectivity index (χ2n) is 3.82. The van der Waals surface area contributed by atoms with E-state index in [9.17, 15) is 0 Å². The average Bonchev–Trinajstić information content (AvgIpc) is 2.98. The van der Waals surface area contributed by atoms with Gasteiger partial charge in [0.05, 0.1) is 12.0 Å². The fraction of sp³-hybridized carbons (Fsp3) is 0.182. The first-order valence-corrected chi connectivity index (χ1v) is 6.08. The molecule has 0 aliphatic rings. The molecule has 3 aromatic heterocycles. The normalized spacial score (nSPS) is 11.0. The quantitative estimate of drug-likeness (QED) is 0.763. The van der Waals surface area contributed by atoms with Gasteiger partial charge in [0, 0.05) is 0 Å². The summed E-state index contributed by atoms with van der Waals surface area (Å²) in [5, 5.41) is 4.39. The molecule has 0 aromatic carbocycles. The summed E-state index contributed by atoms with van der Waals surface area (Å²) in [6.45, 7) is 3.77. The van der Waals surface area contributed by atoms with Crippen LogP contribution in [0, 0.1) is 13.8 Å². The van der Waals surface area contributed by atoms with Crippen LogP contribution >= 0.6 is 11.3 Å². The van der Waals surface area contributed by atoms with Gasteiger partial charge in [-0.1, -0.05) is 16.5 Å². The van der Waals surface area contributed by atoms with Gasteiger partial charge in [0.2, 0.25) is 5.82 Å². The Bertz CT molecular complexity index is 698. The monoisotopic (exact) mass is 262 g/mol. The number of aryl methyl sites for hydroxylation is 2. The minimum absolute atomic E-state index is 0.410. The summed E-state index contributed by atoms with van der Waals surface area (Å²) in [4.78, 5) is 9.21. The van der Waals surface area contributed by atoms with Crippen LogP contribution in [0.1, 0.15) is 11.3 Å². The van der Waals surface area contributed by atoms with Gasteiger partial charge >= 0.3 is 0 Å². The second kappa shape index (κ2) is 3.95. The highest BCUT2D eigenvalue weighted by Crippen LogP contribution is 2.31. The van der Waals surface area contributed by atoms with Crippen molar-refractivity contribution >= 4 is 16.5 Å². The number of rotatable bonds is 2. The first kappa shape index (κ1) is 11.0. The summed E-state index contributed by atoms with van der Waals surface area (Å²) < 4.78 is 10.5. The minimum atomic E-state index is 0.410. The van der Waals surface area contributed by atoms with Gasteiger partial charge in [-0.3, -0.25) is 0 Å². The molecule has 0 aliphatic carbocycles. The van der Waals surface area contributed by atoms with Gasteiger partial charge < -0.3 is 14.7 Å². The summed E-state index contributed by atoms with van der Waals surface area (Å²) in [7, 11) is 0. The van der Waals surface area contributed by atoms with E-state index in [1.165, 1.54) is 11.3 Å². The molecule has 0 spiro atoms. The Kier molecular flexibility index (Phi) is 2.41. The zero-order valence-electron chi connectivity index (χ0n) is 9.80. The number of hydrogen-bond donors (Lipinski definition) is 1. The van der Waals surface area contributed by atoms with Crippen LogP contribution in [0.3, 0.4) is 0 Å². The van der Waals surface area contributed by atoms with Gasteiger partial charge in [-0.25, -0.2) is 4.98 Å². The molecule has 0 radical (unpaired) electrons. The van der Waals surface area contributed by atoms with Crippen molar-refractivity contribution in [3.05, 3.63) is 23.6 Å². The molecule has 0 fully saturated rings. The molecule has 3 aromatic rings. The SMILES string of the molecule is Cc1ccoc1-c1noc(-c2sc(N)nc2C)n1. The van der Waals surface area contributed by atoms with Crippen molar-refractivity contribution in [3.8, 4) is 22.4 Å². The number of hydrogen-bond acceptors (Lipinski definition) is 7. The number of anilines is 1. The van der Waals surface area contributed by atoms with Crippen molar-refractivity contribution in [3.63, 3.8) is 0 Å². The lowest BCUT2D eigenvalue weighted by molar-refractivity contribution is 0.430. The Labute approximate surface area is 106 Å². The fourth-order valence-electron chi connectivity index (χ4n) is 1.63. The largest absolute Gasteiger partial charge is 0.461 e. The predicted octanol–water partition coefficient (Wildman–Crippen LogP) is 2.65. The minimum Gasteiger partial charge on any atom is -0.461 e. The summed E-state index contributed by atoms with van der Waals surface area (Å²) in [5.41, 5.74) is 7.38. The van der Waals surface area contributed by atoms with Crippen LogP contribution in [-0.2, 0) is 0 Å². The number of nitrogen functional groups attached to an aromatic ring is 1. The lowest BCUT2D eigenvalue weighted by atomic mass is 10.3. The van der Waals surface area contributed by atoms with Crippen LogP contribution in [0.2, 0.25) is 0 Å². The molecular formula is C11H10N4O2S. The van der Waals surface area contributed by atoms with Crippen LogP contribution in [0.5, 0.6) is 0 Å². The molecule has 0 aliphatic heterocycles. The van der Waals surface area contributed by atoms with Crippen LogP contribution in [0.4, 0.5) is 5.13 Å². The summed E-state index contributed by atoms with van der Waals surface area (Å²) in [6.07, 6.45) is 1.59. The molecule has 0 bridgehead atoms. The molecular weight excluding hydrogens is 252 g/mol. The number of aromatic nitrogens is 3. The van der Waals surface area contributed by atoms with E-state index in [4.69, 9.17) is 14.7 Å². The van der Waals surface area contributed by atoms with Crippen LogP contribution in [0.15, 0.2) is 21.3 Å². The molecule has 0 unspecified atom stereocenters. The molecule has 7 heteroatoms. The number of furan rings is 1. The lowest BCUT2D eigenvalue weighted by Crippen LogP contribution is -1.82. The van der Waals surface area contributed by atoms with E-state index in [1.807, 2.05) is 19.9 Å². The molecule has 0 amide bonds. The van der Waals surface area contributed by atoms with Gasteiger partial charge in [-0.2, -0.15) is 4.98 Å². The molecule has 6 nitrogen and oxygen atoms in total. The van der Waals surface area contributed by atoms with Gasteiger partial charge in [-0.15, -0.1) is 0 Å². The van der Waals surface area contributed by atoms with E-state index in [0.29, 0.717) is 22.6 Å². The van der Waals surface area contributed by atoms with Gasteiger partial charge in [0.15, 0.2) is 10.9 Å². The van der Waals surface area contributed by atoms with E-state index in [-0.39, 0.29) is 0 Å². The molecule has 3 heterocycles. The van der Waals surface area contributed by atoms with Gasteiger partial charge in [0.1, 0.15) is 4.88 Å². The van der Waals surface area contributed by atoms with E-state index in [0.717, 1.165) is 16.1 Å². The Morgan fingerprint density at radius 1 is 1.28 bits per heavy atom. The van der Waals surface area contributed by atoms with Crippen molar-refractivity contribution in [2.75, 3.05) is 5.73 Å². The van der Waals surface area contributed by atoms with Crippen molar-refractivity contribution < 1.29 is 8.94 Å². The lowest BCUT2D eigenvalue weighted by Gasteiger charge is -1.88. The molecule has 92 valence electrons. The van der Waals surface area contributed by atoms with Crippen molar-refractivity contribution in [1.82, 2.24) is 15.1 Å². The van der Waals surface area contributed by atoms with Gasteiger partial charge in [-0.05, 0) is 25.5 Å². The van der Waals surface area contributed by atoms with Crippen molar-refractivity contribution in [2.45, 2.75) is 13.8 Å². The van der Waals surface area contributed by atoms with Gasteiger partial charge in [0.25, 0.3) is 5.89 Å². The summed E-state index contributed by atoms with van der Waals surface area (Å²) in [5.74, 6) is 1.45. The summed E-state index contributed by atoms with van der Waals surface area (Å²) in [6, 6.07) is 1.85. The maximum atomic E-state index is 5.64. The predicted molar refractivity (Wildman–Crippen MR) is 67.0 cm³/mol. The van der Waals surface area contributed by atoms with Crippen LogP contribution in [-0.4, -0.2) is 15.1 Å². The smallest absolute Gasteiger partial charge is 0.270 e. The standard InChI is InChI=1S/C11H10N4O2S/c1-5-3-4-16-7(5)9-14-10(17-15-9)8-6(2)13-11(12)18-8/h3-4H,1-2H3,(H2,12,13). The molecule has 3 rings (SSSR count). The zero-order chi connectivity index (χ0) is 12.7. The molecule has 2 N–H and O–H groups in total. The molecule has 0 saturated carbocycles. The highest BCUT2D eigenvalue weighted by Gasteiger charge is 2.18. The average molecular weight is 262 g/mol. The maximum Gasteiger partial charge on any atom is 0.270 e.